The molecular weight excluding hydrogens is 462 g/mol. The number of hydrogen-bond acceptors (Lipinski definition) is 6. The number of nitrogens with zero attached hydrogens (tertiary/aromatic N) is 5. The molecule has 0 bridgehead atoms. The van der Waals surface area contributed by atoms with Gasteiger partial charge in [-0.2, -0.15) is 9.46 Å². The van der Waals surface area contributed by atoms with Crippen molar-refractivity contribution in [2.45, 2.75) is 38.0 Å². The molecule has 0 fully saturated rings. The van der Waals surface area contributed by atoms with Crippen molar-refractivity contribution in [3.05, 3.63) is 46.5 Å². The van der Waals surface area contributed by atoms with Gasteiger partial charge in [0.2, 0.25) is 5.91 Å². The molecule has 12 heteroatoms. The zero-order chi connectivity index (χ0) is 23.4. The van der Waals surface area contributed by atoms with Gasteiger partial charge in [0.25, 0.3) is 6.43 Å². The number of hydrogen-bond donors (Lipinski definition) is 1. The lowest BCUT2D eigenvalue weighted by Gasteiger charge is -2.19. The second-order valence-corrected chi connectivity index (χ2v) is 11.6. The maximum atomic E-state index is 13.1. The molecule has 0 spiro atoms. The number of nitrogens with one attached hydrogen (secondary N) is 1. The van der Waals surface area contributed by atoms with Gasteiger partial charge in [-0.1, -0.05) is 25.4 Å². The summed E-state index contributed by atoms with van der Waals surface area (Å²) in [5.74, 6) is -0.743. The molecule has 3 aromatic heterocycles. The van der Waals surface area contributed by atoms with Crippen molar-refractivity contribution in [2.24, 2.45) is 4.36 Å². The molecule has 3 heterocycles. The average molecular weight is 483 g/mol. The molecule has 170 valence electrons. The Morgan fingerprint density at radius 2 is 2.03 bits per heavy atom. The Labute approximate surface area is 188 Å². The summed E-state index contributed by atoms with van der Waals surface area (Å²) in [4.78, 5) is 21.4. The molecule has 32 heavy (non-hydrogen) atoms. The van der Waals surface area contributed by atoms with Crippen molar-refractivity contribution in [2.75, 3.05) is 17.8 Å². The van der Waals surface area contributed by atoms with E-state index < -0.39 is 27.5 Å². The van der Waals surface area contributed by atoms with Crippen LogP contribution in [-0.2, 0) is 19.9 Å². The fourth-order valence-electron chi connectivity index (χ4n) is 3.96. The molecule has 0 radical (unpaired) electrons. The Morgan fingerprint density at radius 3 is 2.66 bits per heavy atom. The number of pyridine rings is 1. The van der Waals surface area contributed by atoms with Gasteiger partial charge in [0.15, 0.2) is 11.5 Å². The molecule has 8 nitrogen and oxygen atoms in total. The lowest BCUT2D eigenvalue weighted by Crippen LogP contribution is -2.21. The van der Waals surface area contributed by atoms with Crippen LogP contribution in [0.4, 0.5) is 20.3 Å². The molecule has 1 amide bonds. The summed E-state index contributed by atoms with van der Waals surface area (Å²) in [5, 5.41) is 6.97. The van der Waals surface area contributed by atoms with Crippen LogP contribution in [0.5, 0.6) is 0 Å². The quantitative estimate of drug-likeness (QED) is 0.590. The van der Waals surface area contributed by atoms with E-state index in [0.717, 1.165) is 0 Å². The van der Waals surface area contributed by atoms with Crippen LogP contribution < -0.4 is 5.32 Å². The molecule has 4 rings (SSSR count). The van der Waals surface area contributed by atoms with Gasteiger partial charge in [0.1, 0.15) is 5.69 Å². The Kier molecular flexibility index (Phi) is 5.44. The van der Waals surface area contributed by atoms with Gasteiger partial charge in [-0.05, 0) is 12.5 Å². The molecule has 0 unspecified atom stereocenters. The SMILES string of the molecule is CC1(C)C[C@H](C(=O)Nc2cnc(N=S(C)(C)=O)c(Cl)c2)c2cnc3cc(C(F)F)nn3c21. The first-order valence-electron chi connectivity index (χ1n) is 9.66. The Bertz CT molecular complexity index is 1360. The largest absolute Gasteiger partial charge is 0.324 e. The lowest BCUT2D eigenvalue weighted by molar-refractivity contribution is -0.117. The van der Waals surface area contributed by atoms with Gasteiger partial charge in [0.05, 0.1) is 28.5 Å². The normalized spacial score (nSPS) is 17.6. The van der Waals surface area contributed by atoms with Crippen molar-refractivity contribution in [1.29, 1.82) is 0 Å². The third-order valence-corrected chi connectivity index (χ3v) is 6.09. The first-order valence-corrected chi connectivity index (χ1v) is 12.4. The minimum Gasteiger partial charge on any atom is -0.324 e. The van der Waals surface area contributed by atoms with Crippen LogP contribution in [0.1, 0.15) is 49.6 Å². The molecule has 0 saturated heterocycles. The number of amides is 1. The number of fused-ring (bicyclic) bond motifs is 3. The second kappa shape index (κ2) is 7.73. The first-order chi connectivity index (χ1) is 14.9. The van der Waals surface area contributed by atoms with E-state index in [-0.39, 0.29) is 22.4 Å². The first kappa shape index (κ1) is 22.5. The summed E-state index contributed by atoms with van der Waals surface area (Å²) in [6, 6.07) is 2.74. The number of anilines is 1. The number of alkyl halides is 2. The highest BCUT2D eigenvalue weighted by atomic mass is 35.5. The van der Waals surface area contributed by atoms with E-state index in [4.69, 9.17) is 11.6 Å². The number of halogens is 3. The van der Waals surface area contributed by atoms with Gasteiger partial charge in [-0.15, -0.1) is 0 Å². The Balaban J connectivity index is 1.66. The zero-order valence-electron chi connectivity index (χ0n) is 17.8. The zero-order valence-corrected chi connectivity index (χ0v) is 19.3. The van der Waals surface area contributed by atoms with Gasteiger partial charge < -0.3 is 5.32 Å². The number of carbonyl (C=O) groups is 1. The van der Waals surface area contributed by atoms with E-state index in [1.165, 1.54) is 35.4 Å². The third-order valence-electron chi connectivity index (χ3n) is 5.20. The van der Waals surface area contributed by atoms with Crippen LogP contribution >= 0.6 is 11.6 Å². The minimum atomic E-state index is -2.71. The summed E-state index contributed by atoms with van der Waals surface area (Å²) >= 11 is 6.18. The molecule has 0 aliphatic heterocycles. The molecule has 3 aromatic rings. The summed E-state index contributed by atoms with van der Waals surface area (Å²) in [6.07, 6.45) is 3.60. The van der Waals surface area contributed by atoms with E-state index in [1.54, 1.807) is 6.20 Å². The van der Waals surface area contributed by atoms with Crippen molar-refractivity contribution < 1.29 is 17.8 Å². The van der Waals surface area contributed by atoms with E-state index >= 15 is 0 Å². The second-order valence-electron chi connectivity index (χ2n) is 8.63. The van der Waals surface area contributed by atoms with Crippen molar-refractivity contribution in [3.63, 3.8) is 0 Å². The Hall–Kier alpha value is -2.66. The summed E-state index contributed by atoms with van der Waals surface area (Å²) < 4.78 is 43.5. The molecule has 0 aromatic carbocycles. The standard InChI is InChI=1S/C20H21ClF2N6O2S/c1-20(2)7-11(12-9-24-15-6-14(17(22)23)27-29(15)16(12)20)19(30)26-10-5-13(21)18(25-8-10)28-32(3,4)31/h5-6,8-9,11,17H,7H2,1-4H3,(H,26,30)/t11-/m0/s1. The highest BCUT2D eigenvalue weighted by molar-refractivity contribution is 7.92. The fourth-order valence-corrected chi connectivity index (χ4v) is 4.78. The highest BCUT2D eigenvalue weighted by Crippen LogP contribution is 2.46. The third kappa shape index (κ3) is 4.18. The van der Waals surface area contributed by atoms with Gasteiger partial charge in [-0.25, -0.2) is 27.5 Å². The fraction of sp³-hybridized carbons (Fsp3) is 0.400. The highest BCUT2D eigenvalue weighted by Gasteiger charge is 2.43. The van der Waals surface area contributed by atoms with Crippen molar-refractivity contribution >= 4 is 44.4 Å². The van der Waals surface area contributed by atoms with Gasteiger partial charge in [0, 0.05) is 45.5 Å². The molecule has 0 saturated carbocycles. The smallest absolute Gasteiger partial charge is 0.282 e. The topological polar surface area (TPSA) is 102 Å². The number of aromatic nitrogens is 4. The maximum absolute atomic E-state index is 13.1. The van der Waals surface area contributed by atoms with Crippen LogP contribution in [-0.4, -0.2) is 42.2 Å². The average Bonchev–Trinajstić information content (AvgIpc) is 3.21. The van der Waals surface area contributed by atoms with Gasteiger partial charge >= 0.3 is 0 Å². The van der Waals surface area contributed by atoms with Gasteiger partial charge in [-0.3, -0.25) is 4.79 Å². The molecule has 1 aliphatic carbocycles. The van der Waals surface area contributed by atoms with E-state index in [1.807, 2.05) is 13.8 Å². The van der Waals surface area contributed by atoms with Crippen molar-refractivity contribution in [1.82, 2.24) is 19.6 Å². The molecule has 1 N–H and O–H groups in total. The summed E-state index contributed by atoms with van der Waals surface area (Å²) in [7, 11) is -2.44. The number of carbonyl (C=O) groups excluding carboxylic acids is 1. The molecular formula is C20H21ClF2N6O2S. The predicted molar refractivity (Wildman–Crippen MR) is 118 cm³/mol. The molecule has 1 atom stereocenters. The molecule has 1 aliphatic rings. The van der Waals surface area contributed by atoms with Crippen LogP contribution in [0.25, 0.3) is 5.65 Å². The van der Waals surface area contributed by atoms with Crippen LogP contribution in [0.3, 0.4) is 0 Å². The predicted octanol–water partition coefficient (Wildman–Crippen LogP) is 4.48. The summed E-state index contributed by atoms with van der Waals surface area (Å²) in [6.45, 7) is 3.87. The maximum Gasteiger partial charge on any atom is 0.282 e. The minimum absolute atomic E-state index is 0.132. The lowest BCUT2D eigenvalue weighted by atomic mass is 9.88. The van der Waals surface area contributed by atoms with E-state index in [9.17, 15) is 17.8 Å². The van der Waals surface area contributed by atoms with Crippen LogP contribution in [0.15, 0.2) is 28.9 Å². The summed E-state index contributed by atoms with van der Waals surface area (Å²) in [5.41, 5.74) is 1.13. The van der Waals surface area contributed by atoms with E-state index in [2.05, 4.69) is 24.7 Å². The monoisotopic (exact) mass is 482 g/mol. The van der Waals surface area contributed by atoms with Crippen LogP contribution in [0.2, 0.25) is 5.02 Å². The van der Waals surface area contributed by atoms with Crippen molar-refractivity contribution in [3.8, 4) is 0 Å². The number of rotatable bonds is 4. The van der Waals surface area contributed by atoms with E-state index in [0.29, 0.717) is 29.0 Å². The Morgan fingerprint density at radius 1 is 1.31 bits per heavy atom. The van der Waals surface area contributed by atoms with Crippen LogP contribution in [0, 0.1) is 0 Å².